The lowest BCUT2D eigenvalue weighted by Crippen LogP contribution is -2.58. The Labute approximate surface area is 251 Å². The van der Waals surface area contributed by atoms with E-state index < -0.39 is 18.6 Å². The lowest BCUT2D eigenvalue weighted by atomic mass is 9.96. The van der Waals surface area contributed by atoms with Crippen LogP contribution in [0.2, 0.25) is 0 Å². The van der Waals surface area contributed by atoms with Crippen molar-refractivity contribution in [3.8, 4) is 29.0 Å². The quantitative estimate of drug-likeness (QED) is 0.412. The number of hydrogen-bond acceptors (Lipinski definition) is 10. The van der Waals surface area contributed by atoms with Crippen molar-refractivity contribution in [2.24, 2.45) is 0 Å². The van der Waals surface area contributed by atoms with E-state index in [9.17, 15) is 5.26 Å². The van der Waals surface area contributed by atoms with Crippen molar-refractivity contribution in [1.29, 1.82) is 5.26 Å². The van der Waals surface area contributed by atoms with Crippen molar-refractivity contribution in [1.82, 2.24) is 24.8 Å². The highest BCUT2D eigenvalue weighted by Gasteiger charge is 2.48. The SMILES string of the molecule is COc1nc(Nc2cc(-c3ccc(OC4CCN(C(C)(C)C)CC4(F)F)c(C#N)c3)ncn2)ccc1N1CCN(C)CC1. The molecule has 228 valence electrons. The zero-order valence-corrected chi connectivity index (χ0v) is 25.3. The van der Waals surface area contributed by atoms with Gasteiger partial charge in [0.05, 0.1) is 24.9 Å². The van der Waals surface area contributed by atoms with Gasteiger partial charge in [0.15, 0.2) is 6.10 Å². The van der Waals surface area contributed by atoms with Crippen LogP contribution in [0.25, 0.3) is 11.3 Å². The highest BCUT2D eigenvalue weighted by Crippen LogP contribution is 2.36. The maximum Gasteiger partial charge on any atom is 0.296 e. The molecule has 2 fully saturated rings. The maximum absolute atomic E-state index is 15.0. The molecule has 43 heavy (non-hydrogen) atoms. The molecule has 1 N–H and O–H groups in total. The van der Waals surface area contributed by atoms with Gasteiger partial charge < -0.3 is 24.6 Å². The number of nitrogens with one attached hydrogen (secondary N) is 1. The summed E-state index contributed by atoms with van der Waals surface area (Å²) in [6.45, 7) is 9.58. The first-order valence-corrected chi connectivity index (χ1v) is 14.4. The fourth-order valence-electron chi connectivity index (χ4n) is 5.33. The first kappa shape index (κ1) is 30.4. The molecule has 0 spiro atoms. The Morgan fingerprint density at radius 2 is 1.79 bits per heavy atom. The monoisotopic (exact) mass is 592 g/mol. The molecule has 4 heterocycles. The predicted octanol–water partition coefficient (Wildman–Crippen LogP) is 4.80. The highest BCUT2D eigenvalue weighted by molar-refractivity contribution is 5.68. The summed E-state index contributed by atoms with van der Waals surface area (Å²) in [7, 11) is 3.71. The molecule has 0 amide bonds. The topological polar surface area (TPSA) is 103 Å². The number of pyridine rings is 1. The molecule has 3 aromatic rings. The molecule has 5 rings (SSSR count). The van der Waals surface area contributed by atoms with Gasteiger partial charge in [-0.05, 0) is 58.2 Å². The first-order valence-electron chi connectivity index (χ1n) is 14.4. The van der Waals surface area contributed by atoms with Crippen LogP contribution in [0.15, 0.2) is 42.7 Å². The number of alkyl halides is 2. The van der Waals surface area contributed by atoms with E-state index in [2.05, 4.69) is 43.2 Å². The van der Waals surface area contributed by atoms with Gasteiger partial charge in [-0.3, -0.25) is 4.90 Å². The zero-order valence-electron chi connectivity index (χ0n) is 25.3. The van der Waals surface area contributed by atoms with Crippen LogP contribution in [0, 0.1) is 11.3 Å². The number of piperazine rings is 1. The van der Waals surface area contributed by atoms with Crippen LogP contribution in [0.3, 0.4) is 0 Å². The van der Waals surface area contributed by atoms with Gasteiger partial charge in [-0.1, -0.05) is 0 Å². The molecule has 0 bridgehead atoms. The number of rotatable bonds is 7. The van der Waals surface area contributed by atoms with Crippen LogP contribution in [-0.2, 0) is 0 Å². The van der Waals surface area contributed by atoms with Gasteiger partial charge in [0, 0.05) is 56.3 Å². The fraction of sp³-hybridized carbons (Fsp3) is 0.484. The van der Waals surface area contributed by atoms with Gasteiger partial charge in [0.25, 0.3) is 5.92 Å². The largest absolute Gasteiger partial charge is 0.483 e. The summed E-state index contributed by atoms with van der Waals surface area (Å²) in [5.74, 6) is -1.35. The van der Waals surface area contributed by atoms with Crippen molar-refractivity contribution >= 4 is 17.3 Å². The second-order valence-corrected chi connectivity index (χ2v) is 12.0. The number of likely N-dealkylation sites (tertiary alicyclic amines) is 1. The molecule has 1 aromatic carbocycles. The molecule has 2 saturated heterocycles. The summed E-state index contributed by atoms with van der Waals surface area (Å²) in [4.78, 5) is 19.6. The lowest BCUT2D eigenvalue weighted by molar-refractivity contribution is -0.153. The maximum atomic E-state index is 15.0. The Kier molecular flexibility index (Phi) is 8.66. The third kappa shape index (κ3) is 6.95. The van der Waals surface area contributed by atoms with E-state index in [-0.39, 0.29) is 23.3 Å². The third-order valence-corrected chi connectivity index (χ3v) is 7.95. The zero-order chi connectivity index (χ0) is 30.8. The molecule has 2 aromatic heterocycles. The van der Waals surface area contributed by atoms with Gasteiger partial charge in [-0.15, -0.1) is 0 Å². The molecule has 0 saturated carbocycles. The standard InChI is InChI=1S/C31H38F2N8O2/c1-30(2,3)41-11-10-26(31(32,33)19-41)43-25-8-6-21(16-22(25)18-34)23-17-28(36-20-35-23)37-27-9-7-24(29(38-27)42-5)40-14-12-39(4)13-15-40/h6-9,16-17,20,26H,10-15,19H2,1-5H3,(H,35,36,37,38). The minimum absolute atomic E-state index is 0.129. The van der Waals surface area contributed by atoms with Crippen molar-refractivity contribution in [3.05, 3.63) is 48.3 Å². The lowest BCUT2D eigenvalue weighted by Gasteiger charge is -2.44. The first-order chi connectivity index (χ1) is 20.5. The number of nitrogens with zero attached hydrogens (tertiary/aromatic N) is 7. The van der Waals surface area contributed by atoms with Gasteiger partial charge >= 0.3 is 0 Å². The van der Waals surface area contributed by atoms with Crippen molar-refractivity contribution in [2.75, 3.05) is 63.6 Å². The summed E-state index contributed by atoms with van der Waals surface area (Å²) < 4.78 is 41.4. The highest BCUT2D eigenvalue weighted by atomic mass is 19.3. The van der Waals surface area contributed by atoms with E-state index >= 15 is 8.78 Å². The van der Waals surface area contributed by atoms with E-state index in [1.54, 1.807) is 36.3 Å². The summed E-state index contributed by atoms with van der Waals surface area (Å²) in [6, 6.07) is 12.5. The average molecular weight is 593 g/mol. The predicted molar refractivity (Wildman–Crippen MR) is 161 cm³/mol. The summed E-state index contributed by atoms with van der Waals surface area (Å²) in [5, 5.41) is 13.0. The molecule has 2 aliphatic heterocycles. The van der Waals surface area contributed by atoms with Crippen molar-refractivity contribution < 1.29 is 18.3 Å². The van der Waals surface area contributed by atoms with Gasteiger partial charge in [-0.2, -0.15) is 10.2 Å². The molecule has 0 radical (unpaired) electrons. The number of aromatic nitrogens is 3. The van der Waals surface area contributed by atoms with Crippen molar-refractivity contribution in [2.45, 2.75) is 44.8 Å². The van der Waals surface area contributed by atoms with Crippen LogP contribution >= 0.6 is 0 Å². The van der Waals surface area contributed by atoms with E-state index in [1.807, 2.05) is 32.9 Å². The van der Waals surface area contributed by atoms with Crippen molar-refractivity contribution in [3.63, 3.8) is 0 Å². The number of methoxy groups -OCH3 is 1. The molecular formula is C31H38F2N8O2. The molecule has 2 aliphatic rings. The van der Waals surface area contributed by atoms with E-state index in [4.69, 9.17) is 9.47 Å². The smallest absolute Gasteiger partial charge is 0.296 e. The van der Waals surface area contributed by atoms with E-state index in [0.29, 0.717) is 35.3 Å². The van der Waals surface area contributed by atoms with E-state index in [0.717, 1.165) is 31.9 Å². The Balaban J connectivity index is 1.30. The van der Waals surface area contributed by atoms with Gasteiger partial charge in [0.2, 0.25) is 5.88 Å². The minimum Gasteiger partial charge on any atom is -0.483 e. The van der Waals surface area contributed by atoms with Gasteiger partial charge in [-0.25, -0.2) is 18.7 Å². The molecule has 0 aliphatic carbocycles. The minimum atomic E-state index is -3.05. The van der Waals surface area contributed by atoms with Gasteiger partial charge in [0.1, 0.15) is 35.5 Å². The number of anilines is 3. The second kappa shape index (κ2) is 12.3. The van der Waals surface area contributed by atoms with E-state index in [1.165, 1.54) is 6.33 Å². The number of benzene rings is 1. The van der Waals surface area contributed by atoms with Crippen LogP contribution in [0.4, 0.5) is 26.1 Å². The summed E-state index contributed by atoms with van der Waals surface area (Å²) >= 11 is 0. The fourth-order valence-corrected chi connectivity index (χ4v) is 5.33. The third-order valence-electron chi connectivity index (χ3n) is 7.95. The van der Waals surface area contributed by atoms with Crippen LogP contribution in [0.5, 0.6) is 11.6 Å². The summed E-state index contributed by atoms with van der Waals surface area (Å²) in [6.07, 6.45) is 0.256. The molecule has 1 atom stereocenters. The van der Waals surface area contributed by atoms with Crippen LogP contribution in [0.1, 0.15) is 32.8 Å². The Morgan fingerprint density at radius 3 is 2.47 bits per heavy atom. The Hall–Kier alpha value is -4.08. The number of likely N-dealkylation sites (N-methyl/N-ethyl adjacent to an activating group) is 1. The number of halogens is 2. The Morgan fingerprint density at radius 1 is 1.02 bits per heavy atom. The average Bonchev–Trinajstić information content (AvgIpc) is 2.98. The molecule has 12 heteroatoms. The van der Waals surface area contributed by atoms with Crippen LogP contribution < -0.4 is 19.7 Å². The Bertz CT molecular complexity index is 1480. The number of piperidine rings is 1. The normalized spacial score (nSPS) is 19.5. The summed E-state index contributed by atoms with van der Waals surface area (Å²) in [5.41, 5.74) is 1.90. The second-order valence-electron chi connectivity index (χ2n) is 12.0. The van der Waals surface area contributed by atoms with Crippen LogP contribution in [-0.4, -0.2) is 95.7 Å². The number of ether oxygens (including phenoxy) is 2. The molecule has 1 unspecified atom stereocenters. The molecular weight excluding hydrogens is 554 g/mol. The molecule has 10 nitrogen and oxygen atoms in total. The number of hydrogen-bond donors (Lipinski definition) is 1. The number of nitriles is 1.